The number of aromatic nitrogens is 2. The zero-order chi connectivity index (χ0) is 27.9. The van der Waals surface area contributed by atoms with Crippen LogP contribution in [0.1, 0.15) is 36.8 Å². The van der Waals surface area contributed by atoms with Crippen molar-refractivity contribution in [3.63, 3.8) is 0 Å². The summed E-state index contributed by atoms with van der Waals surface area (Å²) in [6, 6.07) is 8.36. The average molecular weight is 556 g/mol. The Morgan fingerprint density at radius 2 is 2.00 bits per heavy atom. The first kappa shape index (κ1) is 27.5. The number of fused-ring (bicyclic) bond motifs is 1. The summed E-state index contributed by atoms with van der Waals surface area (Å²) in [7, 11) is 0. The van der Waals surface area contributed by atoms with Gasteiger partial charge in [-0.1, -0.05) is 6.42 Å². The molecule has 3 heterocycles. The van der Waals surface area contributed by atoms with Gasteiger partial charge in [-0.15, -0.1) is 0 Å². The lowest BCUT2D eigenvalue weighted by Gasteiger charge is -2.26. The zero-order valence-corrected chi connectivity index (χ0v) is 21.9. The van der Waals surface area contributed by atoms with Crippen LogP contribution in [0, 0.1) is 11.6 Å². The number of amides is 1. The number of benzene rings is 2. The fraction of sp³-hybridized carbons (Fsp3) is 0.393. The molecule has 12 heteroatoms. The highest BCUT2D eigenvalue weighted by Gasteiger charge is 2.23. The van der Waals surface area contributed by atoms with Crippen LogP contribution in [0.5, 0.6) is 11.5 Å². The van der Waals surface area contributed by atoms with E-state index in [-0.39, 0.29) is 37.5 Å². The number of carboxylic acid groups (broad SMARTS) is 1. The third kappa shape index (κ3) is 6.93. The van der Waals surface area contributed by atoms with Crippen LogP contribution in [0.25, 0.3) is 0 Å². The van der Waals surface area contributed by atoms with E-state index in [0.717, 1.165) is 31.0 Å². The first-order valence-corrected chi connectivity index (χ1v) is 13.2. The van der Waals surface area contributed by atoms with Crippen molar-refractivity contribution in [2.24, 2.45) is 0 Å². The number of rotatable bonds is 10. The molecule has 0 aliphatic carbocycles. The number of hydrogen-bond donors (Lipinski definition) is 2. The Balaban J connectivity index is 1.23. The Kier molecular flexibility index (Phi) is 8.87. The average Bonchev–Trinajstić information content (AvgIpc) is 2.95. The minimum Gasteiger partial charge on any atom is -0.490 e. The monoisotopic (exact) mass is 555 g/mol. The van der Waals surface area contributed by atoms with Gasteiger partial charge in [0.15, 0.2) is 18.4 Å². The zero-order valence-electron chi connectivity index (χ0n) is 21.9. The normalized spacial score (nSPS) is 15.2. The van der Waals surface area contributed by atoms with Crippen molar-refractivity contribution in [1.29, 1.82) is 0 Å². The Labute approximate surface area is 230 Å². The topological polar surface area (TPSA) is 109 Å². The van der Waals surface area contributed by atoms with Gasteiger partial charge >= 0.3 is 6.09 Å². The van der Waals surface area contributed by atoms with Gasteiger partial charge < -0.3 is 29.5 Å². The van der Waals surface area contributed by atoms with Crippen LogP contribution in [0.3, 0.4) is 0 Å². The number of carbonyl (C=O) groups is 1. The number of piperidine rings is 1. The molecule has 0 saturated carbocycles. The Morgan fingerprint density at radius 3 is 2.80 bits per heavy atom. The van der Waals surface area contributed by atoms with E-state index in [2.05, 4.69) is 20.2 Å². The van der Waals surface area contributed by atoms with Gasteiger partial charge in [0.2, 0.25) is 5.95 Å². The Hall–Kier alpha value is -4.03. The number of likely N-dealkylation sites (tertiary alicyclic amines) is 1. The summed E-state index contributed by atoms with van der Waals surface area (Å²) in [5.74, 6) is -0.424. The molecule has 1 saturated heterocycles. The summed E-state index contributed by atoms with van der Waals surface area (Å²) in [6.45, 7) is 3.50. The fourth-order valence-corrected chi connectivity index (χ4v) is 4.83. The molecule has 0 unspecified atom stereocenters. The first-order chi connectivity index (χ1) is 19.5. The molecular formula is C28H31F2N5O5. The highest BCUT2D eigenvalue weighted by Crippen LogP contribution is 2.31. The van der Waals surface area contributed by atoms with Gasteiger partial charge in [-0.3, -0.25) is 4.90 Å². The molecule has 212 valence electrons. The largest absolute Gasteiger partial charge is 0.490 e. The van der Waals surface area contributed by atoms with E-state index in [4.69, 9.17) is 14.2 Å². The Morgan fingerprint density at radius 1 is 1.15 bits per heavy atom. The van der Waals surface area contributed by atoms with E-state index < -0.39 is 17.7 Å². The summed E-state index contributed by atoms with van der Waals surface area (Å²) < 4.78 is 45.2. The number of hydrogen-bond acceptors (Lipinski definition) is 8. The van der Waals surface area contributed by atoms with Gasteiger partial charge in [0.25, 0.3) is 0 Å². The molecule has 40 heavy (non-hydrogen) atoms. The van der Waals surface area contributed by atoms with E-state index in [0.29, 0.717) is 29.2 Å². The van der Waals surface area contributed by atoms with Gasteiger partial charge in [-0.05, 0) is 62.7 Å². The van der Waals surface area contributed by atoms with Crippen LogP contribution in [0.15, 0.2) is 42.6 Å². The van der Waals surface area contributed by atoms with Gasteiger partial charge in [-0.2, -0.15) is 4.98 Å². The van der Waals surface area contributed by atoms with Gasteiger partial charge in [0.1, 0.15) is 17.4 Å². The quantitative estimate of drug-likeness (QED) is 0.322. The molecule has 10 nitrogen and oxygen atoms in total. The third-order valence-electron chi connectivity index (χ3n) is 6.74. The highest BCUT2D eigenvalue weighted by molar-refractivity contribution is 5.85. The number of nitrogens with zero attached hydrogens (tertiary/aromatic N) is 4. The van der Waals surface area contributed by atoms with Crippen LogP contribution in [-0.4, -0.2) is 59.1 Å². The van der Waals surface area contributed by atoms with Crippen molar-refractivity contribution in [2.75, 3.05) is 43.3 Å². The Bertz CT molecular complexity index is 1340. The smallest absolute Gasteiger partial charge is 0.413 e. The second-order valence-corrected chi connectivity index (χ2v) is 9.65. The molecule has 2 aromatic carbocycles. The summed E-state index contributed by atoms with van der Waals surface area (Å²) in [4.78, 5) is 23.9. The van der Waals surface area contributed by atoms with Crippen molar-refractivity contribution in [1.82, 2.24) is 14.9 Å². The van der Waals surface area contributed by atoms with Crippen molar-refractivity contribution in [3.8, 4) is 11.5 Å². The SMILES string of the molecule is O=C(O)N(Cc1cc(F)cc2c1OCOC2)c1ccnc(Nc2ccc(OCCCN3CCCCC3)c(F)c2)n1. The molecule has 0 spiro atoms. The molecule has 1 aromatic heterocycles. The predicted molar refractivity (Wildman–Crippen MR) is 143 cm³/mol. The lowest BCUT2D eigenvalue weighted by Crippen LogP contribution is -2.31. The number of nitrogens with one attached hydrogen (secondary N) is 1. The van der Waals surface area contributed by atoms with Crippen LogP contribution in [0.2, 0.25) is 0 Å². The van der Waals surface area contributed by atoms with E-state index in [1.54, 1.807) is 6.07 Å². The maximum absolute atomic E-state index is 14.7. The van der Waals surface area contributed by atoms with Crippen molar-refractivity contribution < 1.29 is 32.9 Å². The maximum atomic E-state index is 14.7. The third-order valence-corrected chi connectivity index (χ3v) is 6.74. The summed E-state index contributed by atoms with van der Waals surface area (Å²) in [6.07, 6.45) is 4.63. The van der Waals surface area contributed by atoms with Crippen LogP contribution >= 0.6 is 0 Å². The van der Waals surface area contributed by atoms with Gasteiger partial charge in [0.05, 0.1) is 19.8 Å². The molecule has 1 fully saturated rings. The summed E-state index contributed by atoms with van der Waals surface area (Å²) in [5.41, 5.74) is 1.19. The van der Waals surface area contributed by atoms with Crippen molar-refractivity contribution in [2.45, 2.75) is 38.8 Å². The van der Waals surface area contributed by atoms with Crippen LogP contribution < -0.4 is 19.7 Å². The molecule has 1 amide bonds. The molecule has 2 aliphatic rings. The molecule has 5 rings (SSSR count). The van der Waals surface area contributed by atoms with E-state index in [1.165, 1.54) is 55.8 Å². The fourth-order valence-electron chi connectivity index (χ4n) is 4.83. The maximum Gasteiger partial charge on any atom is 0.413 e. The molecule has 0 bridgehead atoms. The molecule has 2 N–H and O–H groups in total. The lowest BCUT2D eigenvalue weighted by molar-refractivity contribution is -0.0172. The molecule has 0 radical (unpaired) electrons. The molecule has 2 aliphatic heterocycles. The second-order valence-electron chi connectivity index (χ2n) is 9.65. The minimum absolute atomic E-state index is 0.0146. The van der Waals surface area contributed by atoms with E-state index in [9.17, 15) is 18.7 Å². The van der Waals surface area contributed by atoms with Crippen molar-refractivity contribution >= 4 is 23.5 Å². The predicted octanol–water partition coefficient (Wildman–Crippen LogP) is 5.30. The summed E-state index contributed by atoms with van der Waals surface area (Å²) >= 11 is 0. The first-order valence-electron chi connectivity index (χ1n) is 13.2. The number of ether oxygens (including phenoxy) is 3. The van der Waals surface area contributed by atoms with Crippen molar-refractivity contribution in [3.05, 3.63) is 65.4 Å². The van der Waals surface area contributed by atoms with Gasteiger partial charge in [-0.25, -0.2) is 18.6 Å². The lowest BCUT2D eigenvalue weighted by atomic mass is 10.1. The molecule has 0 atom stereocenters. The number of anilines is 3. The van der Waals surface area contributed by atoms with Crippen LogP contribution in [-0.2, 0) is 17.9 Å². The summed E-state index contributed by atoms with van der Waals surface area (Å²) in [5, 5.41) is 12.8. The second kappa shape index (κ2) is 12.9. The van der Waals surface area contributed by atoms with Crippen LogP contribution in [0.4, 0.5) is 31.0 Å². The molecular weight excluding hydrogens is 524 g/mol. The number of halogens is 2. The standard InChI is InChI=1S/C28H31F2N5O5/c29-21-13-19(26-20(14-21)17-38-18-40-26)16-35(28(36)37)25-7-8-31-27(33-25)32-22-5-6-24(23(30)15-22)39-12-4-11-34-9-2-1-3-10-34/h5-8,13-15H,1-4,9-12,16-18H2,(H,36,37)(H,31,32,33). The highest BCUT2D eigenvalue weighted by atomic mass is 19.1. The van der Waals surface area contributed by atoms with Gasteiger partial charge in [0, 0.05) is 35.6 Å². The molecule has 3 aromatic rings. The minimum atomic E-state index is -1.30. The van der Waals surface area contributed by atoms with E-state index in [1.807, 2.05) is 0 Å². The van der Waals surface area contributed by atoms with E-state index >= 15 is 0 Å².